The predicted molar refractivity (Wildman–Crippen MR) is 103 cm³/mol. The number of aromatic nitrogens is 2. The summed E-state index contributed by atoms with van der Waals surface area (Å²) in [6.07, 6.45) is 0. The molecule has 0 fully saturated rings. The van der Waals surface area contributed by atoms with Gasteiger partial charge in [-0.25, -0.2) is 4.68 Å². The van der Waals surface area contributed by atoms with Crippen molar-refractivity contribution in [2.45, 2.75) is 6.92 Å². The number of benzene rings is 2. The molecule has 0 aliphatic heterocycles. The Morgan fingerprint density at radius 3 is 2.48 bits per heavy atom. The van der Waals surface area contributed by atoms with Crippen LogP contribution >= 0.6 is 0 Å². The molecule has 0 radical (unpaired) electrons. The third-order valence-corrected chi connectivity index (χ3v) is 4.00. The normalized spacial score (nSPS) is 10.5. The van der Waals surface area contributed by atoms with Crippen molar-refractivity contribution >= 4 is 34.1 Å². The van der Waals surface area contributed by atoms with E-state index < -0.39 is 0 Å². The summed E-state index contributed by atoms with van der Waals surface area (Å²) < 4.78 is 12.2. The quantitative estimate of drug-likeness (QED) is 0.722. The van der Waals surface area contributed by atoms with Crippen LogP contribution in [-0.2, 0) is 11.8 Å². The Morgan fingerprint density at radius 2 is 1.81 bits per heavy atom. The molecule has 8 heteroatoms. The van der Waals surface area contributed by atoms with Crippen molar-refractivity contribution in [1.29, 1.82) is 0 Å². The topological polar surface area (TPSA) is 94.5 Å². The maximum absolute atomic E-state index is 12.7. The zero-order valence-electron chi connectivity index (χ0n) is 15.5. The van der Waals surface area contributed by atoms with Crippen molar-refractivity contribution in [3.8, 4) is 11.6 Å². The molecule has 2 aromatic carbocycles. The van der Waals surface area contributed by atoms with Crippen molar-refractivity contribution in [2.75, 3.05) is 24.9 Å². The highest BCUT2D eigenvalue weighted by atomic mass is 16.5. The number of carbonyl (C=O) groups is 2. The van der Waals surface area contributed by atoms with Gasteiger partial charge >= 0.3 is 0 Å². The second-order valence-corrected chi connectivity index (χ2v) is 5.92. The molecule has 2 amide bonds. The minimum absolute atomic E-state index is 0.202. The first kappa shape index (κ1) is 18.2. The van der Waals surface area contributed by atoms with E-state index in [-0.39, 0.29) is 11.8 Å². The van der Waals surface area contributed by atoms with Crippen molar-refractivity contribution < 1.29 is 19.1 Å². The fourth-order valence-electron chi connectivity index (χ4n) is 2.84. The molecule has 0 spiro atoms. The van der Waals surface area contributed by atoms with Gasteiger partial charge in [-0.1, -0.05) is 0 Å². The van der Waals surface area contributed by atoms with Gasteiger partial charge in [-0.3, -0.25) is 9.59 Å². The van der Waals surface area contributed by atoms with E-state index in [1.807, 2.05) is 0 Å². The van der Waals surface area contributed by atoms with Crippen molar-refractivity contribution in [2.24, 2.45) is 7.05 Å². The molecule has 0 atom stereocenters. The summed E-state index contributed by atoms with van der Waals surface area (Å²) in [6.45, 7) is 1.42. The maximum atomic E-state index is 12.7. The Bertz CT molecular complexity index is 1030. The summed E-state index contributed by atoms with van der Waals surface area (Å²) in [5, 5.41) is 10.7. The average Bonchev–Trinajstić information content (AvgIpc) is 2.95. The Morgan fingerprint density at radius 1 is 1.04 bits per heavy atom. The summed E-state index contributed by atoms with van der Waals surface area (Å²) in [5.41, 5.74) is 2.10. The molecule has 2 N–H and O–H groups in total. The van der Waals surface area contributed by atoms with Gasteiger partial charge < -0.3 is 20.1 Å². The van der Waals surface area contributed by atoms with Gasteiger partial charge in [0, 0.05) is 25.2 Å². The number of ether oxygens (including phenoxy) is 2. The summed E-state index contributed by atoms with van der Waals surface area (Å²) in [5.74, 6) is 0.589. The van der Waals surface area contributed by atoms with Crippen molar-refractivity contribution in [1.82, 2.24) is 9.78 Å². The standard InChI is InChI=1S/C19H20N4O4/c1-11(24)20-13-6-8-17(26-3)16(10-13)21-18(25)12-5-7-14-15(9-12)22-23(2)19(14)27-4/h5-10H,1-4H3,(H,20,24)(H,21,25). The Kier molecular flexibility index (Phi) is 4.98. The highest BCUT2D eigenvalue weighted by Crippen LogP contribution is 2.29. The van der Waals surface area contributed by atoms with E-state index in [1.165, 1.54) is 14.0 Å². The van der Waals surface area contributed by atoms with Gasteiger partial charge in [-0.2, -0.15) is 5.10 Å². The van der Waals surface area contributed by atoms with Crippen LogP contribution in [0.2, 0.25) is 0 Å². The number of hydrogen-bond donors (Lipinski definition) is 2. The van der Waals surface area contributed by atoms with Crippen LogP contribution in [0.5, 0.6) is 11.6 Å². The summed E-state index contributed by atoms with van der Waals surface area (Å²) in [6, 6.07) is 10.2. The van der Waals surface area contributed by atoms with Gasteiger partial charge in [0.15, 0.2) is 0 Å². The number of fused-ring (bicyclic) bond motifs is 1. The smallest absolute Gasteiger partial charge is 0.255 e. The van der Waals surface area contributed by atoms with Crippen LogP contribution < -0.4 is 20.1 Å². The first-order valence-corrected chi connectivity index (χ1v) is 8.20. The van der Waals surface area contributed by atoms with E-state index in [9.17, 15) is 9.59 Å². The van der Waals surface area contributed by atoms with Gasteiger partial charge in [0.1, 0.15) is 5.75 Å². The lowest BCUT2D eigenvalue weighted by Crippen LogP contribution is -2.13. The molecule has 3 aromatic rings. The van der Waals surface area contributed by atoms with E-state index in [0.29, 0.717) is 34.1 Å². The van der Waals surface area contributed by atoms with Gasteiger partial charge in [-0.05, 0) is 36.4 Å². The molecule has 0 aliphatic rings. The van der Waals surface area contributed by atoms with Crippen molar-refractivity contribution in [3.05, 3.63) is 42.0 Å². The monoisotopic (exact) mass is 368 g/mol. The van der Waals surface area contributed by atoms with Gasteiger partial charge in [0.25, 0.3) is 5.91 Å². The minimum atomic E-state index is -0.320. The average molecular weight is 368 g/mol. The number of hydrogen-bond acceptors (Lipinski definition) is 5. The summed E-state index contributed by atoms with van der Waals surface area (Å²) in [7, 11) is 4.86. The maximum Gasteiger partial charge on any atom is 0.255 e. The SMILES string of the molecule is COc1ccc(NC(C)=O)cc1NC(=O)c1ccc2c(OC)n(C)nc2c1. The van der Waals surface area contributed by atoms with E-state index in [2.05, 4.69) is 15.7 Å². The highest BCUT2D eigenvalue weighted by molar-refractivity contribution is 6.07. The Hall–Kier alpha value is -3.55. The van der Waals surface area contributed by atoms with E-state index in [0.717, 1.165) is 5.39 Å². The number of aryl methyl sites for hydroxylation is 1. The zero-order valence-corrected chi connectivity index (χ0v) is 15.5. The molecular weight excluding hydrogens is 348 g/mol. The van der Waals surface area contributed by atoms with Crippen LogP contribution in [0.1, 0.15) is 17.3 Å². The van der Waals surface area contributed by atoms with Crippen LogP contribution in [0.25, 0.3) is 10.9 Å². The Balaban J connectivity index is 1.90. The van der Waals surface area contributed by atoms with E-state index in [4.69, 9.17) is 9.47 Å². The lowest BCUT2D eigenvalue weighted by Gasteiger charge is -2.12. The molecule has 1 aromatic heterocycles. The van der Waals surface area contributed by atoms with E-state index in [1.54, 1.807) is 55.2 Å². The van der Waals surface area contributed by atoms with Gasteiger partial charge in [-0.15, -0.1) is 0 Å². The van der Waals surface area contributed by atoms with Crippen molar-refractivity contribution in [3.63, 3.8) is 0 Å². The summed E-state index contributed by atoms with van der Waals surface area (Å²) in [4.78, 5) is 24.0. The lowest BCUT2D eigenvalue weighted by molar-refractivity contribution is -0.114. The largest absolute Gasteiger partial charge is 0.495 e. The number of rotatable bonds is 5. The third kappa shape index (κ3) is 3.69. The van der Waals surface area contributed by atoms with Crippen LogP contribution in [0, 0.1) is 0 Å². The second-order valence-electron chi connectivity index (χ2n) is 5.92. The fourth-order valence-corrected chi connectivity index (χ4v) is 2.84. The molecule has 0 aliphatic carbocycles. The summed E-state index contributed by atoms with van der Waals surface area (Å²) >= 11 is 0. The number of nitrogens with one attached hydrogen (secondary N) is 2. The number of amides is 2. The predicted octanol–water partition coefficient (Wildman–Crippen LogP) is 2.80. The molecule has 0 unspecified atom stereocenters. The first-order chi connectivity index (χ1) is 12.9. The molecular formula is C19H20N4O4. The number of carbonyl (C=O) groups excluding carboxylic acids is 2. The lowest BCUT2D eigenvalue weighted by atomic mass is 10.1. The number of nitrogens with zero attached hydrogens (tertiary/aromatic N) is 2. The van der Waals surface area contributed by atoms with Crippen LogP contribution in [0.3, 0.4) is 0 Å². The van der Waals surface area contributed by atoms with Gasteiger partial charge in [0.2, 0.25) is 11.8 Å². The third-order valence-electron chi connectivity index (χ3n) is 4.00. The number of methoxy groups -OCH3 is 2. The Labute approximate surface area is 156 Å². The molecule has 1 heterocycles. The van der Waals surface area contributed by atoms with Crippen LogP contribution in [-0.4, -0.2) is 35.8 Å². The molecule has 0 saturated heterocycles. The zero-order chi connectivity index (χ0) is 19.6. The number of anilines is 2. The second kappa shape index (κ2) is 7.36. The molecule has 27 heavy (non-hydrogen) atoms. The molecule has 8 nitrogen and oxygen atoms in total. The van der Waals surface area contributed by atoms with E-state index >= 15 is 0 Å². The van der Waals surface area contributed by atoms with Crippen LogP contribution in [0.15, 0.2) is 36.4 Å². The molecule has 140 valence electrons. The molecule has 0 bridgehead atoms. The minimum Gasteiger partial charge on any atom is -0.495 e. The van der Waals surface area contributed by atoms with Gasteiger partial charge in [0.05, 0.1) is 30.8 Å². The first-order valence-electron chi connectivity index (χ1n) is 8.20. The molecule has 0 saturated carbocycles. The molecule has 3 rings (SSSR count). The highest BCUT2D eigenvalue weighted by Gasteiger charge is 2.15. The fraction of sp³-hybridized carbons (Fsp3) is 0.211. The van der Waals surface area contributed by atoms with Crippen LogP contribution in [0.4, 0.5) is 11.4 Å².